The van der Waals surface area contributed by atoms with Gasteiger partial charge in [-0.15, -0.1) is 0 Å². The van der Waals surface area contributed by atoms with Crippen molar-refractivity contribution < 1.29 is 5.11 Å². The van der Waals surface area contributed by atoms with E-state index in [0.29, 0.717) is 6.04 Å². The maximum atomic E-state index is 11.0. The zero-order valence-electron chi connectivity index (χ0n) is 14.8. The molecule has 2 fully saturated rings. The lowest BCUT2D eigenvalue weighted by atomic mass is 9.85. The molecule has 1 N–H and O–H groups in total. The van der Waals surface area contributed by atoms with E-state index in [1.54, 1.807) is 12.4 Å². The van der Waals surface area contributed by atoms with Gasteiger partial charge in [0.15, 0.2) is 0 Å². The van der Waals surface area contributed by atoms with Gasteiger partial charge in [-0.2, -0.15) is 0 Å². The van der Waals surface area contributed by atoms with Crippen LogP contribution in [0.4, 0.5) is 0 Å². The minimum absolute atomic E-state index is 0.628. The molecule has 0 spiro atoms. The predicted molar refractivity (Wildman–Crippen MR) is 97.0 cm³/mol. The summed E-state index contributed by atoms with van der Waals surface area (Å²) in [4.78, 5) is 11.0. The molecule has 5 heteroatoms. The third-order valence-electron chi connectivity index (χ3n) is 5.98. The summed E-state index contributed by atoms with van der Waals surface area (Å²) in [5.74, 6) is 0. The molecule has 5 nitrogen and oxygen atoms in total. The highest BCUT2D eigenvalue weighted by atomic mass is 16.3. The van der Waals surface area contributed by atoms with Crippen LogP contribution in [0.1, 0.15) is 62.2 Å². The van der Waals surface area contributed by atoms with Crippen molar-refractivity contribution >= 4 is 0 Å². The highest BCUT2D eigenvalue weighted by Gasteiger charge is 2.34. The van der Waals surface area contributed by atoms with Crippen LogP contribution in [-0.4, -0.2) is 37.6 Å². The third kappa shape index (κ3) is 3.62. The molecule has 0 atom stereocenters. The second-order valence-corrected chi connectivity index (χ2v) is 7.63. The molecule has 0 bridgehead atoms. The van der Waals surface area contributed by atoms with Crippen LogP contribution in [0.15, 0.2) is 37.1 Å². The fraction of sp³-hybridized carbons (Fsp3) is 0.600. The van der Waals surface area contributed by atoms with Crippen molar-refractivity contribution in [2.45, 2.75) is 63.1 Å². The first-order valence-electron chi connectivity index (χ1n) is 9.60. The molecule has 0 unspecified atom stereocenters. The number of hydrogen-bond donors (Lipinski definition) is 1. The Morgan fingerprint density at radius 3 is 2.60 bits per heavy atom. The molecule has 1 saturated carbocycles. The van der Waals surface area contributed by atoms with Crippen LogP contribution in [0.3, 0.4) is 0 Å². The van der Waals surface area contributed by atoms with E-state index in [1.807, 2.05) is 24.7 Å². The van der Waals surface area contributed by atoms with Crippen LogP contribution >= 0.6 is 0 Å². The zero-order chi connectivity index (χ0) is 17.1. The van der Waals surface area contributed by atoms with E-state index in [9.17, 15) is 5.11 Å². The van der Waals surface area contributed by atoms with Gasteiger partial charge in [0.2, 0.25) is 0 Å². The summed E-state index contributed by atoms with van der Waals surface area (Å²) in [6, 6.07) is 4.52. The topological polar surface area (TPSA) is 54.2 Å². The number of likely N-dealkylation sites (tertiary alicyclic amines) is 1. The second kappa shape index (κ2) is 7.26. The molecule has 3 heterocycles. The van der Waals surface area contributed by atoms with E-state index in [2.05, 4.69) is 19.4 Å². The maximum absolute atomic E-state index is 11.0. The third-order valence-corrected chi connectivity index (χ3v) is 5.98. The minimum Gasteiger partial charge on any atom is -0.385 e. The lowest BCUT2D eigenvalue weighted by molar-refractivity contribution is -0.0285. The molecule has 25 heavy (non-hydrogen) atoms. The van der Waals surface area contributed by atoms with Gasteiger partial charge >= 0.3 is 0 Å². The number of nitrogens with zero attached hydrogens (tertiary/aromatic N) is 4. The molecule has 2 aromatic rings. The average Bonchev–Trinajstić information content (AvgIpc) is 3.13. The molecule has 0 amide bonds. The summed E-state index contributed by atoms with van der Waals surface area (Å²) in [7, 11) is 0. The van der Waals surface area contributed by atoms with E-state index < -0.39 is 5.60 Å². The van der Waals surface area contributed by atoms with Crippen LogP contribution in [0.25, 0.3) is 0 Å². The first kappa shape index (κ1) is 16.7. The highest BCUT2D eigenvalue weighted by molar-refractivity contribution is 5.19. The molecule has 1 saturated heterocycles. The van der Waals surface area contributed by atoms with E-state index in [1.165, 1.54) is 37.8 Å². The first-order valence-corrected chi connectivity index (χ1v) is 9.60. The van der Waals surface area contributed by atoms with Gasteiger partial charge in [-0.05, 0) is 31.7 Å². The fourth-order valence-electron chi connectivity index (χ4n) is 4.38. The van der Waals surface area contributed by atoms with Crippen molar-refractivity contribution in [1.29, 1.82) is 0 Å². The highest BCUT2D eigenvalue weighted by Crippen LogP contribution is 2.33. The van der Waals surface area contributed by atoms with Crippen LogP contribution in [0.2, 0.25) is 0 Å². The van der Waals surface area contributed by atoms with Gasteiger partial charge in [0, 0.05) is 49.8 Å². The Kier molecular flexibility index (Phi) is 4.86. The maximum Gasteiger partial charge on any atom is 0.0951 e. The number of aromatic nitrogens is 3. The summed E-state index contributed by atoms with van der Waals surface area (Å²) in [6.07, 6.45) is 15.7. The van der Waals surface area contributed by atoms with E-state index >= 15 is 0 Å². The minimum atomic E-state index is -0.728. The van der Waals surface area contributed by atoms with Crippen LogP contribution in [-0.2, 0) is 12.1 Å². The summed E-state index contributed by atoms with van der Waals surface area (Å²) in [5.41, 5.74) is 1.54. The molecule has 134 valence electrons. The smallest absolute Gasteiger partial charge is 0.0951 e. The lowest BCUT2D eigenvalue weighted by Crippen LogP contribution is -2.42. The molecular formula is C20H28N4O. The normalized spacial score (nSPS) is 22.1. The Labute approximate surface area is 149 Å². The number of hydrogen-bond acceptors (Lipinski definition) is 4. The van der Waals surface area contributed by atoms with Gasteiger partial charge < -0.3 is 9.67 Å². The zero-order valence-corrected chi connectivity index (χ0v) is 14.8. The molecule has 2 aromatic heterocycles. The number of rotatable bonds is 4. The van der Waals surface area contributed by atoms with Crippen molar-refractivity contribution in [2.75, 3.05) is 13.1 Å². The SMILES string of the molecule is OC1(c2cccnc2)CCN(Cc2cncn2C2CCCCC2)CC1. The summed E-state index contributed by atoms with van der Waals surface area (Å²) >= 11 is 0. The van der Waals surface area contributed by atoms with E-state index in [4.69, 9.17) is 0 Å². The van der Waals surface area contributed by atoms with Gasteiger partial charge in [0.1, 0.15) is 0 Å². The number of piperidine rings is 1. The summed E-state index contributed by atoms with van der Waals surface area (Å²) in [5, 5.41) is 11.0. The fourth-order valence-corrected chi connectivity index (χ4v) is 4.38. The van der Waals surface area contributed by atoms with Crippen LogP contribution in [0.5, 0.6) is 0 Å². The van der Waals surface area contributed by atoms with Crippen molar-refractivity contribution in [2.24, 2.45) is 0 Å². The average molecular weight is 340 g/mol. The Bertz CT molecular complexity index is 670. The van der Waals surface area contributed by atoms with Crippen molar-refractivity contribution in [3.8, 4) is 0 Å². The summed E-state index contributed by atoms with van der Waals surface area (Å²) in [6.45, 7) is 2.74. The Hall–Kier alpha value is -1.72. The standard InChI is InChI=1S/C20H28N4O/c25-20(17-5-4-10-21-13-17)8-11-23(12-9-20)15-19-14-22-16-24(19)18-6-2-1-3-7-18/h4-5,10,13-14,16,18,25H,1-3,6-9,11-12,15H2. The quantitative estimate of drug-likeness (QED) is 0.928. The Morgan fingerprint density at radius 1 is 1.08 bits per heavy atom. The van der Waals surface area contributed by atoms with Gasteiger partial charge in [-0.3, -0.25) is 9.88 Å². The molecule has 0 radical (unpaired) electrons. The van der Waals surface area contributed by atoms with Crippen molar-refractivity contribution in [3.63, 3.8) is 0 Å². The Morgan fingerprint density at radius 2 is 1.88 bits per heavy atom. The van der Waals surface area contributed by atoms with E-state index in [-0.39, 0.29) is 0 Å². The second-order valence-electron chi connectivity index (χ2n) is 7.63. The number of pyridine rings is 1. The first-order chi connectivity index (χ1) is 12.2. The van der Waals surface area contributed by atoms with Crippen LogP contribution < -0.4 is 0 Å². The van der Waals surface area contributed by atoms with Gasteiger partial charge in [0.25, 0.3) is 0 Å². The molecular weight excluding hydrogens is 312 g/mol. The molecule has 2 aliphatic rings. The Balaban J connectivity index is 1.39. The molecule has 0 aromatic carbocycles. The predicted octanol–water partition coefficient (Wildman–Crippen LogP) is 3.27. The van der Waals surface area contributed by atoms with Gasteiger partial charge in [-0.1, -0.05) is 25.3 Å². The lowest BCUT2D eigenvalue weighted by Gasteiger charge is -2.38. The molecule has 1 aliphatic carbocycles. The van der Waals surface area contributed by atoms with Crippen LogP contribution in [0, 0.1) is 0 Å². The van der Waals surface area contributed by atoms with E-state index in [0.717, 1.165) is 38.0 Å². The van der Waals surface area contributed by atoms with Crippen molar-refractivity contribution in [3.05, 3.63) is 48.3 Å². The largest absolute Gasteiger partial charge is 0.385 e. The molecule has 1 aliphatic heterocycles. The van der Waals surface area contributed by atoms with Gasteiger partial charge in [0.05, 0.1) is 17.6 Å². The molecule has 4 rings (SSSR count). The number of aliphatic hydroxyl groups is 1. The van der Waals surface area contributed by atoms with Crippen molar-refractivity contribution in [1.82, 2.24) is 19.4 Å². The monoisotopic (exact) mass is 340 g/mol. The summed E-state index contributed by atoms with van der Waals surface area (Å²) < 4.78 is 2.40. The van der Waals surface area contributed by atoms with Gasteiger partial charge in [-0.25, -0.2) is 4.98 Å². The number of imidazole rings is 1.